The summed E-state index contributed by atoms with van der Waals surface area (Å²) >= 11 is 0. The Bertz CT molecular complexity index is 1380. The van der Waals surface area contributed by atoms with E-state index in [-0.39, 0.29) is 11.3 Å². The van der Waals surface area contributed by atoms with E-state index in [0.29, 0.717) is 0 Å². The van der Waals surface area contributed by atoms with Crippen LogP contribution in [0.25, 0.3) is 27.8 Å². The molecule has 0 aliphatic rings. The molecule has 2 heterocycles. The largest absolute Gasteiger partial charge is 0.504 e. The number of phenols is 2. The van der Waals surface area contributed by atoms with Crippen LogP contribution in [0.1, 0.15) is 11.3 Å². The quantitative estimate of drug-likeness (QED) is 0.324. The highest BCUT2D eigenvalue weighted by Crippen LogP contribution is 2.41. The van der Waals surface area contributed by atoms with Gasteiger partial charge in [0, 0.05) is 11.8 Å². The molecule has 0 bridgehead atoms. The fraction of sp³-hybridized carbons (Fsp3) is 0.100. The smallest absolute Gasteiger partial charge is 0.450 e. The first-order valence-corrected chi connectivity index (χ1v) is 8.69. The highest BCUT2D eigenvalue weighted by Gasteiger charge is 2.40. The molecule has 0 saturated carbocycles. The van der Waals surface area contributed by atoms with E-state index < -0.39 is 57.1 Å². The number of halogens is 6. The van der Waals surface area contributed by atoms with Crippen LogP contribution in [0.15, 0.2) is 58.0 Å². The summed E-state index contributed by atoms with van der Waals surface area (Å²) < 4.78 is 84.9. The summed E-state index contributed by atoms with van der Waals surface area (Å²) in [7, 11) is 0. The van der Waals surface area contributed by atoms with Crippen molar-refractivity contribution < 1.29 is 41.0 Å². The first-order chi connectivity index (χ1) is 14.9. The standard InChI is InChI=1S/C20H10F6N2O4/c21-19(22,23)10-1-3-11(4-2-10)28-8-9(7-27-28)14-15(30)12-5-6-13(29)16(31)17(12)32-18(14)20(24,25)26/h1-8,29,31H. The van der Waals surface area contributed by atoms with Gasteiger partial charge < -0.3 is 14.6 Å². The Hall–Kier alpha value is -3.96. The van der Waals surface area contributed by atoms with Crippen LogP contribution < -0.4 is 5.43 Å². The highest BCUT2D eigenvalue weighted by molar-refractivity contribution is 5.88. The van der Waals surface area contributed by atoms with Crippen LogP contribution >= 0.6 is 0 Å². The Morgan fingerprint density at radius 2 is 1.56 bits per heavy atom. The number of nitrogens with zero attached hydrogens (tertiary/aromatic N) is 2. The number of rotatable bonds is 2. The molecule has 6 nitrogen and oxygen atoms in total. The number of hydrogen-bond acceptors (Lipinski definition) is 5. The van der Waals surface area contributed by atoms with Crippen LogP contribution in [-0.4, -0.2) is 20.0 Å². The van der Waals surface area contributed by atoms with Crippen molar-refractivity contribution in [2.45, 2.75) is 12.4 Å². The molecule has 0 saturated heterocycles. The molecule has 0 atom stereocenters. The lowest BCUT2D eigenvalue weighted by Gasteiger charge is -2.12. The molecular weight excluding hydrogens is 446 g/mol. The molecule has 0 unspecified atom stereocenters. The molecule has 12 heteroatoms. The van der Waals surface area contributed by atoms with Crippen LogP contribution in [0.5, 0.6) is 11.5 Å². The second kappa shape index (κ2) is 7.04. The first kappa shape index (κ1) is 21.3. The summed E-state index contributed by atoms with van der Waals surface area (Å²) in [6, 6.07) is 5.58. The van der Waals surface area contributed by atoms with Gasteiger partial charge in [-0.3, -0.25) is 4.79 Å². The van der Waals surface area contributed by atoms with E-state index in [9.17, 15) is 41.4 Å². The molecule has 4 rings (SSSR count). The lowest BCUT2D eigenvalue weighted by Crippen LogP contribution is -2.16. The predicted molar refractivity (Wildman–Crippen MR) is 98.4 cm³/mol. The lowest BCUT2D eigenvalue weighted by atomic mass is 10.0. The number of aromatic hydroxyl groups is 2. The van der Waals surface area contributed by atoms with E-state index in [1.807, 2.05) is 0 Å². The van der Waals surface area contributed by atoms with E-state index in [1.165, 1.54) is 0 Å². The minimum Gasteiger partial charge on any atom is -0.504 e. The molecule has 0 aliphatic carbocycles. The number of fused-ring (bicyclic) bond motifs is 1. The van der Waals surface area contributed by atoms with Crippen LogP contribution in [0.2, 0.25) is 0 Å². The summed E-state index contributed by atoms with van der Waals surface area (Å²) in [6.45, 7) is 0. The van der Waals surface area contributed by atoms with Gasteiger partial charge >= 0.3 is 12.4 Å². The van der Waals surface area contributed by atoms with Gasteiger partial charge in [0.05, 0.1) is 28.4 Å². The van der Waals surface area contributed by atoms with Crippen molar-refractivity contribution in [1.82, 2.24) is 9.78 Å². The maximum atomic E-state index is 13.6. The van der Waals surface area contributed by atoms with Gasteiger partial charge in [-0.05, 0) is 36.4 Å². The van der Waals surface area contributed by atoms with E-state index in [1.54, 1.807) is 0 Å². The Balaban J connectivity index is 1.89. The molecule has 2 aromatic carbocycles. The molecule has 0 radical (unpaired) electrons. The average molecular weight is 456 g/mol. The van der Waals surface area contributed by atoms with Crippen molar-refractivity contribution in [3.05, 3.63) is 70.3 Å². The number of hydrogen-bond donors (Lipinski definition) is 2. The van der Waals surface area contributed by atoms with Crippen LogP contribution in [-0.2, 0) is 12.4 Å². The van der Waals surface area contributed by atoms with Gasteiger partial charge in [0.2, 0.25) is 16.9 Å². The molecule has 0 amide bonds. The highest BCUT2D eigenvalue weighted by atomic mass is 19.4. The zero-order chi connectivity index (χ0) is 23.4. The zero-order valence-electron chi connectivity index (χ0n) is 15.5. The summed E-state index contributed by atoms with van der Waals surface area (Å²) in [6.07, 6.45) is -7.78. The molecule has 0 fully saturated rings. The van der Waals surface area contributed by atoms with Gasteiger partial charge in [0.1, 0.15) is 0 Å². The molecular formula is C20H10F6N2O4. The predicted octanol–water partition coefficient (Wildman–Crippen LogP) is 5.09. The number of benzene rings is 2. The third-order valence-electron chi connectivity index (χ3n) is 4.60. The van der Waals surface area contributed by atoms with Crippen molar-refractivity contribution in [3.8, 4) is 28.3 Å². The van der Waals surface area contributed by atoms with E-state index in [4.69, 9.17) is 4.42 Å². The fourth-order valence-corrected chi connectivity index (χ4v) is 3.09. The van der Waals surface area contributed by atoms with Gasteiger partial charge in [-0.15, -0.1) is 0 Å². The molecule has 0 aliphatic heterocycles. The zero-order valence-corrected chi connectivity index (χ0v) is 15.5. The third-order valence-corrected chi connectivity index (χ3v) is 4.60. The second-order valence-corrected chi connectivity index (χ2v) is 6.66. The second-order valence-electron chi connectivity index (χ2n) is 6.66. The normalized spacial score (nSPS) is 12.4. The Morgan fingerprint density at radius 1 is 0.906 bits per heavy atom. The summed E-state index contributed by atoms with van der Waals surface area (Å²) in [5, 5.41) is 22.7. The first-order valence-electron chi connectivity index (χ1n) is 8.69. The Labute approximate surface area is 173 Å². The van der Waals surface area contributed by atoms with E-state index in [0.717, 1.165) is 53.5 Å². The fourth-order valence-electron chi connectivity index (χ4n) is 3.09. The van der Waals surface area contributed by atoms with Gasteiger partial charge in [-0.25, -0.2) is 4.68 Å². The van der Waals surface area contributed by atoms with E-state index >= 15 is 0 Å². The summed E-state index contributed by atoms with van der Waals surface area (Å²) in [5.41, 5.74) is -4.05. The van der Waals surface area contributed by atoms with Crippen LogP contribution in [0.3, 0.4) is 0 Å². The van der Waals surface area contributed by atoms with Crippen molar-refractivity contribution in [2.75, 3.05) is 0 Å². The van der Waals surface area contributed by atoms with Crippen LogP contribution in [0, 0.1) is 0 Å². The Morgan fingerprint density at radius 3 is 2.16 bits per heavy atom. The van der Waals surface area contributed by atoms with E-state index in [2.05, 4.69) is 5.10 Å². The monoisotopic (exact) mass is 456 g/mol. The summed E-state index contributed by atoms with van der Waals surface area (Å²) in [4.78, 5) is 12.8. The topological polar surface area (TPSA) is 88.5 Å². The molecule has 0 spiro atoms. The lowest BCUT2D eigenvalue weighted by molar-refractivity contribution is -0.152. The van der Waals surface area contributed by atoms with Crippen molar-refractivity contribution in [1.29, 1.82) is 0 Å². The van der Waals surface area contributed by atoms with Crippen LogP contribution in [0.4, 0.5) is 26.3 Å². The number of aromatic nitrogens is 2. The molecule has 166 valence electrons. The number of phenolic OH excluding ortho intramolecular Hbond substituents is 2. The van der Waals surface area contributed by atoms with Crippen molar-refractivity contribution in [2.24, 2.45) is 0 Å². The minimum absolute atomic E-state index is 0.102. The number of alkyl halides is 6. The van der Waals surface area contributed by atoms with Crippen molar-refractivity contribution in [3.63, 3.8) is 0 Å². The molecule has 32 heavy (non-hydrogen) atoms. The minimum atomic E-state index is -5.16. The maximum Gasteiger partial charge on any atom is 0.450 e. The van der Waals surface area contributed by atoms with Crippen molar-refractivity contribution >= 4 is 11.0 Å². The third kappa shape index (κ3) is 3.53. The molecule has 2 N–H and O–H groups in total. The molecule has 4 aromatic rings. The Kier molecular flexibility index (Phi) is 4.68. The average Bonchev–Trinajstić information content (AvgIpc) is 3.19. The van der Waals surface area contributed by atoms with Gasteiger partial charge in [0.25, 0.3) is 0 Å². The maximum absolute atomic E-state index is 13.6. The SMILES string of the molecule is O=c1c(-c2cnn(-c3ccc(C(F)(F)F)cc3)c2)c(C(F)(F)F)oc2c(O)c(O)ccc12. The van der Waals surface area contributed by atoms with Gasteiger partial charge in [0.15, 0.2) is 11.3 Å². The molecule has 2 aromatic heterocycles. The van der Waals surface area contributed by atoms with Gasteiger partial charge in [-0.1, -0.05) is 0 Å². The van der Waals surface area contributed by atoms with Gasteiger partial charge in [-0.2, -0.15) is 31.4 Å². The summed E-state index contributed by atoms with van der Waals surface area (Å²) in [5.74, 6) is -3.54.